The van der Waals surface area contributed by atoms with Crippen LogP contribution in [-0.2, 0) is 28.0 Å². The summed E-state index contributed by atoms with van der Waals surface area (Å²) in [6, 6.07) is 13.9. The first-order chi connectivity index (χ1) is 15.4. The van der Waals surface area contributed by atoms with E-state index >= 15 is 0 Å². The van der Waals surface area contributed by atoms with Crippen molar-refractivity contribution >= 4 is 17.4 Å². The molecule has 2 aliphatic heterocycles. The predicted molar refractivity (Wildman–Crippen MR) is 125 cm³/mol. The second kappa shape index (κ2) is 7.90. The summed E-state index contributed by atoms with van der Waals surface area (Å²) < 4.78 is 13.4. The van der Waals surface area contributed by atoms with Crippen LogP contribution in [0.5, 0.6) is 0 Å². The number of rotatable bonds is 2. The number of benzene rings is 1. The van der Waals surface area contributed by atoms with E-state index in [-0.39, 0.29) is 17.8 Å². The van der Waals surface area contributed by atoms with Gasteiger partial charge in [-0.25, -0.2) is 4.79 Å². The van der Waals surface area contributed by atoms with Gasteiger partial charge in [0.2, 0.25) is 0 Å². The summed E-state index contributed by atoms with van der Waals surface area (Å²) in [6.07, 6.45) is 0.284. The number of thiophene rings is 1. The van der Waals surface area contributed by atoms with Crippen LogP contribution in [0.3, 0.4) is 0 Å². The summed E-state index contributed by atoms with van der Waals surface area (Å²) in [7, 11) is 1.40. The fourth-order valence-electron chi connectivity index (χ4n) is 5.00. The highest BCUT2D eigenvalue weighted by molar-refractivity contribution is 7.13. The molecule has 1 fully saturated rings. The van der Waals surface area contributed by atoms with Crippen molar-refractivity contribution in [2.24, 2.45) is 0 Å². The Morgan fingerprint density at radius 3 is 2.78 bits per heavy atom. The van der Waals surface area contributed by atoms with Gasteiger partial charge in [-0.15, -0.1) is 11.3 Å². The number of fused-ring (bicyclic) bond motifs is 3. The van der Waals surface area contributed by atoms with Crippen LogP contribution >= 0.6 is 11.3 Å². The number of morpholine rings is 1. The minimum Gasteiger partial charge on any atom is -0.453 e. The largest absolute Gasteiger partial charge is 0.453 e. The van der Waals surface area contributed by atoms with Gasteiger partial charge in [-0.1, -0.05) is 30.3 Å². The Labute approximate surface area is 191 Å². The lowest BCUT2D eigenvalue weighted by Gasteiger charge is -2.44. The fourth-order valence-corrected chi connectivity index (χ4v) is 6.02. The van der Waals surface area contributed by atoms with Gasteiger partial charge in [0.1, 0.15) is 5.60 Å². The minimum absolute atomic E-state index is 0.00582. The molecule has 0 spiro atoms. The third-order valence-electron chi connectivity index (χ3n) is 6.37. The average molecular weight is 451 g/mol. The molecule has 4 heterocycles. The van der Waals surface area contributed by atoms with Crippen LogP contribution in [0, 0.1) is 0 Å². The highest BCUT2D eigenvalue weighted by Gasteiger charge is 2.42. The number of carbonyl (C=O) groups is 1. The Kier molecular flexibility index (Phi) is 5.18. The number of aromatic nitrogens is 1. The van der Waals surface area contributed by atoms with Crippen LogP contribution in [0.4, 0.5) is 4.79 Å². The zero-order chi connectivity index (χ0) is 22.5. The monoisotopic (exact) mass is 450 g/mol. The molecule has 166 valence electrons. The van der Waals surface area contributed by atoms with Crippen LogP contribution in [0.25, 0.3) is 21.7 Å². The van der Waals surface area contributed by atoms with Gasteiger partial charge >= 0.3 is 6.09 Å². The van der Waals surface area contributed by atoms with Crippen molar-refractivity contribution in [2.45, 2.75) is 38.5 Å². The molecular formula is C25H26N2O4S. The number of hydrogen-bond donors (Lipinski definition) is 0. The normalized spacial score (nSPS) is 22.2. The van der Waals surface area contributed by atoms with Crippen molar-refractivity contribution in [1.29, 1.82) is 0 Å². The summed E-state index contributed by atoms with van der Waals surface area (Å²) in [5.74, 6) is 0. The van der Waals surface area contributed by atoms with Crippen LogP contribution in [-0.4, -0.2) is 41.9 Å². The lowest BCUT2D eigenvalue weighted by Crippen LogP contribution is -2.54. The van der Waals surface area contributed by atoms with Crippen LogP contribution in [0.15, 0.2) is 52.6 Å². The van der Waals surface area contributed by atoms with Crippen LogP contribution < -0.4 is 5.56 Å². The van der Waals surface area contributed by atoms with E-state index in [1.165, 1.54) is 12.7 Å². The number of carbonyl (C=O) groups excluding carboxylic acids is 1. The lowest BCUT2D eigenvalue weighted by molar-refractivity contribution is -0.137. The molecule has 6 nitrogen and oxygen atoms in total. The van der Waals surface area contributed by atoms with E-state index in [9.17, 15) is 9.59 Å². The highest BCUT2D eigenvalue weighted by Crippen LogP contribution is 2.43. The Morgan fingerprint density at radius 1 is 1.25 bits per heavy atom. The molecule has 3 aromatic rings. The maximum absolute atomic E-state index is 13.6. The van der Waals surface area contributed by atoms with Gasteiger partial charge in [-0.05, 0) is 48.9 Å². The van der Waals surface area contributed by atoms with Crippen LogP contribution in [0.1, 0.15) is 25.0 Å². The predicted octanol–water partition coefficient (Wildman–Crippen LogP) is 4.50. The Bertz CT molecular complexity index is 1230. The number of methoxy groups -OCH3 is 1. The van der Waals surface area contributed by atoms with Gasteiger partial charge in [-0.3, -0.25) is 4.79 Å². The van der Waals surface area contributed by atoms with Crippen LogP contribution in [0.2, 0.25) is 0 Å². The third-order valence-corrected chi connectivity index (χ3v) is 7.34. The molecule has 0 N–H and O–H groups in total. The zero-order valence-electron chi connectivity index (χ0n) is 18.5. The van der Waals surface area contributed by atoms with E-state index in [0.29, 0.717) is 25.2 Å². The SMILES string of the molecule is COC(=O)N1CC(C)OC(C)(c2cc(-c3ccccc3)c(=O)n3c2-c2sccc2CC3)C1. The van der Waals surface area contributed by atoms with E-state index in [1.54, 1.807) is 16.2 Å². The number of amides is 1. The lowest BCUT2D eigenvalue weighted by atomic mass is 9.87. The fraction of sp³-hybridized carbons (Fsp3) is 0.360. The molecular weight excluding hydrogens is 424 g/mol. The zero-order valence-corrected chi connectivity index (χ0v) is 19.3. The minimum atomic E-state index is -0.793. The van der Waals surface area contributed by atoms with Gasteiger partial charge in [0.05, 0.1) is 36.9 Å². The van der Waals surface area contributed by atoms with E-state index < -0.39 is 5.60 Å². The Balaban J connectivity index is 1.76. The molecule has 2 aromatic heterocycles. The maximum atomic E-state index is 13.6. The standard InChI is InChI=1S/C25H26N2O4S/c1-16-14-26(24(29)30-3)15-25(2,31-16)20-13-19(17-7-5-4-6-8-17)23(28)27-11-9-18-10-12-32-22(18)21(20)27/h4-8,10,12-13,16H,9,11,14-15H2,1-3H3. The number of pyridine rings is 1. The van der Waals surface area contributed by atoms with Gasteiger partial charge in [0, 0.05) is 17.7 Å². The summed E-state index contributed by atoms with van der Waals surface area (Å²) in [5, 5.41) is 2.08. The molecule has 5 rings (SSSR count). The van der Waals surface area contributed by atoms with E-state index in [4.69, 9.17) is 9.47 Å². The second-order valence-electron chi connectivity index (χ2n) is 8.68. The van der Waals surface area contributed by atoms with Crippen molar-refractivity contribution in [3.05, 3.63) is 69.3 Å². The Morgan fingerprint density at radius 2 is 2.03 bits per heavy atom. The van der Waals surface area contributed by atoms with Crippen molar-refractivity contribution in [3.63, 3.8) is 0 Å². The molecule has 0 saturated carbocycles. The van der Waals surface area contributed by atoms with Gasteiger partial charge < -0.3 is 18.9 Å². The third kappa shape index (κ3) is 3.36. The van der Waals surface area contributed by atoms with Gasteiger partial charge in [0.25, 0.3) is 5.56 Å². The summed E-state index contributed by atoms with van der Waals surface area (Å²) in [5.41, 5.74) is 3.83. The Hall–Kier alpha value is -2.90. The second-order valence-corrected chi connectivity index (χ2v) is 9.59. The first-order valence-electron chi connectivity index (χ1n) is 10.8. The highest BCUT2D eigenvalue weighted by atomic mass is 32.1. The average Bonchev–Trinajstić information content (AvgIpc) is 3.28. The molecule has 1 saturated heterocycles. The van der Waals surface area contributed by atoms with E-state index in [1.807, 2.05) is 54.8 Å². The summed E-state index contributed by atoms with van der Waals surface area (Å²) in [6.45, 7) is 5.41. The quantitative estimate of drug-likeness (QED) is 0.577. The topological polar surface area (TPSA) is 60.8 Å². The first-order valence-corrected chi connectivity index (χ1v) is 11.7. The van der Waals surface area contributed by atoms with E-state index in [0.717, 1.165) is 28.1 Å². The number of hydrogen-bond acceptors (Lipinski definition) is 5. The summed E-state index contributed by atoms with van der Waals surface area (Å²) in [4.78, 5) is 28.8. The molecule has 0 aliphatic carbocycles. The first kappa shape index (κ1) is 21.0. The van der Waals surface area contributed by atoms with Crippen molar-refractivity contribution < 1.29 is 14.3 Å². The molecule has 1 amide bonds. The van der Waals surface area contributed by atoms with Crippen molar-refractivity contribution in [2.75, 3.05) is 20.2 Å². The molecule has 0 radical (unpaired) electrons. The summed E-state index contributed by atoms with van der Waals surface area (Å²) >= 11 is 1.65. The van der Waals surface area contributed by atoms with Crippen molar-refractivity contribution in [3.8, 4) is 21.7 Å². The van der Waals surface area contributed by atoms with Gasteiger partial charge in [0.15, 0.2) is 0 Å². The maximum Gasteiger partial charge on any atom is 0.409 e. The van der Waals surface area contributed by atoms with Crippen molar-refractivity contribution in [1.82, 2.24) is 9.47 Å². The number of ether oxygens (including phenoxy) is 2. The molecule has 7 heteroatoms. The molecule has 0 bridgehead atoms. The van der Waals surface area contributed by atoms with Gasteiger partial charge in [-0.2, -0.15) is 0 Å². The number of aryl methyl sites for hydroxylation is 1. The smallest absolute Gasteiger partial charge is 0.409 e. The molecule has 2 aliphatic rings. The molecule has 2 unspecified atom stereocenters. The number of nitrogens with zero attached hydrogens (tertiary/aromatic N) is 2. The van der Waals surface area contributed by atoms with E-state index in [2.05, 4.69) is 11.4 Å². The molecule has 1 aromatic carbocycles. The molecule has 32 heavy (non-hydrogen) atoms. The molecule has 2 atom stereocenters.